The van der Waals surface area contributed by atoms with E-state index in [1.54, 1.807) is 19.0 Å². The average Bonchev–Trinajstić information content (AvgIpc) is 3.23. The fraction of sp³-hybridized carbons (Fsp3) is 0.524. The average molecular weight is 371 g/mol. The van der Waals surface area contributed by atoms with Crippen LogP contribution in [0.1, 0.15) is 40.9 Å². The number of carbonyl (C=O) groups is 2. The molecule has 27 heavy (non-hydrogen) atoms. The summed E-state index contributed by atoms with van der Waals surface area (Å²) in [5.74, 6) is 0.386. The standard InChI is InChI=1S/C21H29N3O3/c1-14-8-5-9-16-15(2)19(27-18(14)16)20(25)22-11-7-13-24-12-6-10-17(24)21(26)23(3)4/h5,8-9,17H,6-7,10-13H2,1-4H3,(H,22,25). The first-order valence-corrected chi connectivity index (χ1v) is 9.62. The van der Waals surface area contributed by atoms with E-state index >= 15 is 0 Å². The normalized spacial score (nSPS) is 17.4. The van der Waals surface area contributed by atoms with Gasteiger partial charge in [0.05, 0.1) is 6.04 Å². The van der Waals surface area contributed by atoms with Gasteiger partial charge in [-0.2, -0.15) is 0 Å². The van der Waals surface area contributed by atoms with E-state index in [1.165, 1.54) is 0 Å². The topological polar surface area (TPSA) is 65.8 Å². The SMILES string of the molecule is Cc1c(C(=O)NCCCN2CCCC2C(=O)N(C)C)oc2c(C)cccc12. The van der Waals surface area contributed by atoms with Crippen LogP contribution >= 0.6 is 0 Å². The lowest BCUT2D eigenvalue weighted by Gasteiger charge is -2.25. The number of hydrogen-bond acceptors (Lipinski definition) is 4. The minimum absolute atomic E-state index is 0.0173. The van der Waals surface area contributed by atoms with Crippen LogP contribution in [0.15, 0.2) is 22.6 Å². The summed E-state index contributed by atoms with van der Waals surface area (Å²) in [5, 5.41) is 3.94. The van der Waals surface area contributed by atoms with Crippen molar-refractivity contribution in [2.75, 3.05) is 33.7 Å². The van der Waals surface area contributed by atoms with Crippen molar-refractivity contribution in [1.82, 2.24) is 15.1 Å². The van der Waals surface area contributed by atoms with Crippen LogP contribution in [-0.2, 0) is 4.79 Å². The van der Waals surface area contributed by atoms with Crippen molar-refractivity contribution in [3.8, 4) is 0 Å². The minimum Gasteiger partial charge on any atom is -0.450 e. The van der Waals surface area contributed by atoms with Gasteiger partial charge in [0.2, 0.25) is 5.91 Å². The third-order valence-electron chi connectivity index (χ3n) is 5.36. The minimum atomic E-state index is -0.176. The molecule has 2 heterocycles. The Bertz CT molecular complexity index is 841. The van der Waals surface area contributed by atoms with Gasteiger partial charge in [0.25, 0.3) is 5.91 Å². The van der Waals surface area contributed by atoms with Gasteiger partial charge < -0.3 is 14.6 Å². The van der Waals surface area contributed by atoms with Gasteiger partial charge >= 0.3 is 0 Å². The molecule has 146 valence electrons. The van der Waals surface area contributed by atoms with Crippen molar-refractivity contribution < 1.29 is 14.0 Å². The van der Waals surface area contributed by atoms with E-state index in [1.807, 2.05) is 32.0 Å². The monoisotopic (exact) mass is 371 g/mol. The summed E-state index contributed by atoms with van der Waals surface area (Å²) in [7, 11) is 3.60. The van der Waals surface area contributed by atoms with E-state index in [-0.39, 0.29) is 17.9 Å². The second kappa shape index (κ2) is 8.13. The third kappa shape index (κ3) is 4.00. The largest absolute Gasteiger partial charge is 0.450 e. The molecule has 1 fully saturated rings. The smallest absolute Gasteiger partial charge is 0.287 e. The molecule has 0 bridgehead atoms. The Kier molecular flexibility index (Phi) is 5.85. The summed E-state index contributed by atoms with van der Waals surface area (Å²) >= 11 is 0. The van der Waals surface area contributed by atoms with E-state index in [9.17, 15) is 9.59 Å². The van der Waals surface area contributed by atoms with Crippen molar-refractivity contribution in [2.45, 2.75) is 39.2 Å². The molecular weight excluding hydrogens is 342 g/mol. The van der Waals surface area contributed by atoms with Crippen LogP contribution in [0, 0.1) is 13.8 Å². The maximum Gasteiger partial charge on any atom is 0.287 e. The van der Waals surface area contributed by atoms with Crippen molar-refractivity contribution in [1.29, 1.82) is 0 Å². The van der Waals surface area contributed by atoms with Crippen molar-refractivity contribution in [3.63, 3.8) is 0 Å². The van der Waals surface area contributed by atoms with Gasteiger partial charge in [-0.25, -0.2) is 0 Å². The lowest BCUT2D eigenvalue weighted by atomic mass is 10.1. The molecule has 2 amide bonds. The molecule has 2 aromatic rings. The number of hydrogen-bond donors (Lipinski definition) is 1. The first-order valence-electron chi connectivity index (χ1n) is 9.62. The molecule has 0 aliphatic carbocycles. The zero-order chi connectivity index (χ0) is 19.6. The zero-order valence-corrected chi connectivity index (χ0v) is 16.7. The van der Waals surface area contributed by atoms with Crippen molar-refractivity contribution in [3.05, 3.63) is 35.1 Å². The molecular formula is C21H29N3O3. The predicted molar refractivity (Wildman–Crippen MR) is 106 cm³/mol. The van der Waals surface area contributed by atoms with Crippen molar-refractivity contribution in [2.24, 2.45) is 0 Å². The molecule has 1 unspecified atom stereocenters. The first-order chi connectivity index (χ1) is 12.9. The Hall–Kier alpha value is -2.34. The molecule has 1 saturated heterocycles. The summed E-state index contributed by atoms with van der Waals surface area (Å²) in [6.45, 7) is 6.22. The van der Waals surface area contributed by atoms with E-state index in [0.29, 0.717) is 12.3 Å². The van der Waals surface area contributed by atoms with Crippen LogP contribution in [0.3, 0.4) is 0 Å². The van der Waals surface area contributed by atoms with Crippen LogP contribution < -0.4 is 5.32 Å². The molecule has 1 aliphatic heterocycles. The number of likely N-dealkylation sites (tertiary alicyclic amines) is 1. The highest BCUT2D eigenvalue weighted by atomic mass is 16.3. The zero-order valence-electron chi connectivity index (χ0n) is 16.7. The second-order valence-corrected chi connectivity index (χ2v) is 7.54. The number of likely N-dealkylation sites (N-methyl/N-ethyl adjacent to an activating group) is 1. The van der Waals surface area contributed by atoms with Gasteiger partial charge in [-0.1, -0.05) is 18.2 Å². The Morgan fingerprint density at radius 2 is 2.07 bits per heavy atom. The Morgan fingerprint density at radius 1 is 1.30 bits per heavy atom. The molecule has 1 aromatic heterocycles. The van der Waals surface area contributed by atoms with Crippen LogP contribution in [0.5, 0.6) is 0 Å². The van der Waals surface area contributed by atoms with Gasteiger partial charge in [-0.15, -0.1) is 0 Å². The Labute approximate surface area is 160 Å². The number of aryl methyl sites for hydroxylation is 2. The molecule has 3 rings (SSSR count). The fourth-order valence-corrected chi connectivity index (χ4v) is 3.84. The van der Waals surface area contributed by atoms with Gasteiger partial charge in [0, 0.05) is 38.1 Å². The van der Waals surface area contributed by atoms with Crippen LogP contribution in [-0.4, -0.2) is 61.4 Å². The number of carbonyl (C=O) groups excluding carboxylic acids is 2. The number of fused-ring (bicyclic) bond motifs is 1. The van der Waals surface area contributed by atoms with Crippen LogP contribution in [0.25, 0.3) is 11.0 Å². The number of nitrogens with zero attached hydrogens (tertiary/aromatic N) is 2. The highest BCUT2D eigenvalue weighted by Gasteiger charge is 2.31. The van der Waals surface area contributed by atoms with Crippen molar-refractivity contribution >= 4 is 22.8 Å². The molecule has 1 N–H and O–H groups in total. The summed E-state index contributed by atoms with van der Waals surface area (Å²) in [5.41, 5.74) is 2.69. The van der Waals surface area contributed by atoms with E-state index in [4.69, 9.17) is 4.42 Å². The molecule has 0 radical (unpaired) electrons. The molecule has 1 atom stereocenters. The second-order valence-electron chi connectivity index (χ2n) is 7.54. The quantitative estimate of drug-likeness (QED) is 0.793. The summed E-state index contributed by atoms with van der Waals surface area (Å²) < 4.78 is 5.82. The number of rotatable bonds is 6. The Balaban J connectivity index is 1.54. The van der Waals surface area contributed by atoms with Gasteiger partial charge in [0.1, 0.15) is 5.58 Å². The summed E-state index contributed by atoms with van der Waals surface area (Å²) in [4.78, 5) is 28.6. The number of amides is 2. The number of para-hydroxylation sites is 1. The molecule has 0 spiro atoms. The van der Waals surface area contributed by atoms with Crippen LogP contribution in [0.4, 0.5) is 0 Å². The molecule has 6 heteroatoms. The summed E-state index contributed by atoms with van der Waals surface area (Å²) in [6.07, 6.45) is 2.77. The van der Waals surface area contributed by atoms with E-state index < -0.39 is 0 Å². The lowest BCUT2D eigenvalue weighted by Crippen LogP contribution is -2.43. The third-order valence-corrected chi connectivity index (χ3v) is 5.36. The van der Waals surface area contributed by atoms with Gasteiger partial charge in [-0.3, -0.25) is 14.5 Å². The molecule has 1 aromatic carbocycles. The maximum atomic E-state index is 12.5. The Morgan fingerprint density at radius 3 is 2.78 bits per heavy atom. The molecule has 6 nitrogen and oxygen atoms in total. The number of furan rings is 1. The number of benzene rings is 1. The van der Waals surface area contributed by atoms with E-state index in [2.05, 4.69) is 10.2 Å². The molecule has 1 aliphatic rings. The van der Waals surface area contributed by atoms with Gasteiger partial charge in [-0.05, 0) is 45.2 Å². The van der Waals surface area contributed by atoms with Gasteiger partial charge in [0.15, 0.2) is 5.76 Å². The lowest BCUT2D eigenvalue weighted by molar-refractivity contribution is -0.133. The maximum absolute atomic E-state index is 12.5. The predicted octanol–water partition coefficient (Wildman–Crippen LogP) is 2.72. The number of nitrogens with one attached hydrogen (secondary N) is 1. The fourth-order valence-electron chi connectivity index (χ4n) is 3.84. The highest BCUT2D eigenvalue weighted by Crippen LogP contribution is 2.27. The van der Waals surface area contributed by atoms with E-state index in [0.717, 1.165) is 54.4 Å². The van der Waals surface area contributed by atoms with Crippen LogP contribution in [0.2, 0.25) is 0 Å². The highest BCUT2D eigenvalue weighted by molar-refractivity contribution is 5.99. The first kappa shape index (κ1) is 19.4. The molecule has 0 saturated carbocycles. The summed E-state index contributed by atoms with van der Waals surface area (Å²) in [6, 6.07) is 5.92.